The summed E-state index contributed by atoms with van der Waals surface area (Å²) in [6, 6.07) is 0. The van der Waals surface area contributed by atoms with E-state index >= 15 is 0 Å². The van der Waals surface area contributed by atoms with E-state index in [1.165, 1.54) is 0 Å². The van der Waals surface area contributed by atoms with E-state index in [4.69, 9.17) is 14.2 Å². The quantitative estimate of drug-likeness (QED) is 0.737. The lowest BCUT2D eigenvalue weighted by atomic mass is 9.46. The van der Waals surface area contributed by atoms with Crippen molar-refractivity contribution in [2.24, 2.45) is 22.7 Å². The number of carbonyl (C=O) groups excluding carboxylic acids is 1. The van der Waals surface area contributed by atoms with Gasteiger partial charge in [0.1, 0.15) is 6.10 Å². The molecule has 148 valence electrons. The molecule has 2 aliphatic heterocycles. The Kier molecular flexibility index (Phi) is 4.42. The number of hydrogen-bond acceptors (Lipinski definition) is 6. The van der Waals surface area contributed by atoms with E-state index in [2.05, 4.69) is 18.6 Å². The number of esters is 1. The third-order valence-corrected chi connectivity index (χ3v) is 8.08. The summed E-state index contributed by atoms with van der Waals surface area (Å²) >= 11 is 0. The van der Waals surface area contributed by atoms with Gasteiger partial charge in [0.25, 0.3) is 0 Å². The van der Waals surface area contributed by atoms with Gasteiger partial charge in [0.05, 0.1) is 31.9 Å². The molecule has 1 N–H and O–H groups in total. The van der Waals surface area contributed by atoms with Crippen LogP contribution >= 0.6 is 0 Å². The second-order valence-corrected chi connectivity index (χ2v) is 10.8. The summed E-state index contributed by atoms with van der Waals surface area (Å²) in [6.45, 7) is 5.24. The Morgan fingerprint density at radius 3 is 2.69 bits per heavy atom. The van der Waals surface area contributed by atoms with Crippen LogP contribution in [0.5, 0.6) is 0 Å². The van der Waals surface area contributed by atoms with E-state index in [0.717, 1.165) is 31.9 Å². The molecule has 0 spiro atoms. The highest BCUT2D eigenvalue weighted by atomic mass is 32.2. The number of ether oxygens (including phenoxy) is 3. The van der Waals surface area contributed by atoms with Gasteiger partial charge in [0.2, 0.25) is 10.0 Å². The van der Waals surface area contributed by atoms with Crippen molar-refractivity contribution in [2.75, 3.05) is 19.4 Å². The summed E-state index contributed by atoms with van der Waals surface area (Å²) in [6.07, 6.45) is 5.07. The van der Waals surface area contributed by atoms with Crippen LogP contribution in [0.25, 0.3) is 0 Å². The smallest absolute Gasteiger partial charge is 0.306 e. The molecule has 0 amide bonds. The molecule has 0 aromatic heterocycles. The monoisotopic (exact) mass is 387 g/mol. The van der Waals surface area contributed by atoms with Crippen LogP contribution < -0.4 is 4.72 Å². The lowest BCUT2D eigenvalue weighted by Gasteiger charge is -2.62. The lowest BCUT2D eigenvalue weighted by molar-refractivity contribution is -0.304. The van der Waals surface area contributed by atoms with Crippen LogP contribution in [0, 0.1) is 22.7 Å². The van der Waals surface area contributed by atoms with Crippen molar-refractivity contribution in [1.29, 1.82) is 0 Å². The summed E-state index contributed by atoms with van der Waals surface area (Å²) in [5, 5.41) is 0. The van der Waals surface area contributed by atoms with Crippen LogP contribution in [-0.4, -0.2) is 52.3 Å². The van der Waals surface area contributed by atoms with Crippen LogP contribution in [0.4, 0.5) is 0 Å². The number of rotatable bonds is 3. The second-order valence-electron chi connectivity index (χ2n) is 9.01. The normalized spacial score (nSPS) is 48.3. The predicted molar refractivity (Wildman–Crippen MR) is 93.6 cm³/mol. The first-order valence-electron chi connectivity index (χ1n) is 9.53. The van der Waals surface area contributed by atoms with Gasteiger partial charge in [-0.2, -0.15) is 0 Å². The first-order chi connectivity index (χ1) is 12.1. The highest BCUT2D eigenvalue weighted by Crippen LogP contribution is 2.63. The average Bonchev–Trinajstić information content (AvgIpc) is 2.94. The van der Waals surface area contributed by atoms with Gasteiger partial charge in [0, 0.05) is 11.3 Å². The van der Waals surface area contributed by atoms with E-state index in [1.807, 2.05) is 0 Å². The van der Waals surface area contributed by atoms with E-state index in [9.17, 15) is 13.2 Å². The molecule has 2 saturated carbocycles. The fraction of sp³-hybridized carbons (Fsp3) is 0.944. The van der Waals surface area contributed by atoms with Gasteiger partial charge in [0.15, 0.2) is 6.29 Å². The number of carbonyl (C=O) groups is 1. The first kappa shape index (κ1) is 18.7. The molecule has 2 saturated heterocycles. The average molecular weight is 387 g/mol. The Labute approximate surface area is 155 Å². The van der Waals surface area contributed by atoms with E-state index in [1.54, 1.807) is 0 Å². The molecule has 2 heterocycles. The zero-order valence-corrected chi connectivity index (χ0v) is 16.5. The second kappa shape index (κ2) is 6.15. The third kappa shape index (κ3) is 2.99. The molecule has 4 fully saturated rings. The van der Waals surface area contributed by atoms with Crippen LogP contribution in [-0.2, 0) is 29.0 Å². The molecule has 7 nitrogen and oxygen atoms in total. The molecular formula is C18H29NO6S. The van der Waals surface area contributed by atoms with Crippen molar-refractivity contribution in [1.82, 2.24) is 4.72 Å². The molecule has 0 bridgehead atoms. The molecule has 0 aromatic rings. The maximum atomic E-state index is 11.9. The van der Waals surface area contributed by atoms with Gasteiger partial charge in [-0.15, -0.1) is 0 Å². The Bertz CT molecular complexity index is 696. The topological polar surface area (TPSA) is 90.9 Å². The van der Waals surface area contributed by atoms with Crippen molar-refractivity contribution in [3.63, 3.8) is 0 Å². The molecule has 0 unspecified atom stereocenters. The Hall–Kier alpha value is -0.700. The number of hydrogen-bond donors (Lipinski definition) is 1. The summed E-state index contributed by atoms with van der Waals surface area (Å²) in [4.78, 5) is 11.9. The van der Waals surface area contributed by atoms with Gasteiger partial charge in [-0.25, -0.2) is 13.1 Å². The number of fused-ring (bicyclic) bond motifs is 5. The maximum Gasteiger partial charge on any atom is 0.306 e. The summed E-state index contributed by atoms with van der Waals surface area (Å²) < 4.78 is 42.8. The Morgan fingerprint density at radius 1 is 1.19 bits per heavy atom. The molecule has 4 aliphatic rings. The fourth-order valence-electron chi connectivity index (χ4n) is 6.12. The highest BCUT2D eigenvalue weighted by Gasteiger charge is 2.63. The standard InChI is InChI=1S/C18H29NO6S/c1-17-7-6-14-18(2,10-23-16(25-14)9-19-26(3,21)22)13(17)5-4-12-11(17)8-15(20)24-12/h11-14,16,19H,4-10H2,1-3H3/t11-,12-,13+,14-,16-,17+,18+/m1/s1. The van der Waals surface area contributed by atoms with Crippen molar-refractivity contribution >= 4 is 16.0 Å². The summed E-state index contributed by atoms with van der Waals surface area (Å²) in [7, 11) is -3.27. The minimum atomic E-state index is -3.27. The molecule has 8 heteroatoms. The van der Waals surface area contributed by atoms with E-state index < -0.39 is 16.3 Å². The van der Waals surface area contributed by atoms with Crippen molar-refractivity contribution in [2.45, 2.75) is 64.4 Å². The molecular weight excluding hydrogens is 358 g/mol. The van der Waals surface area contributed by atoms with Gasteiger partial charge in [-0.3, -0.25) is 4.79 Å². The van der Waals surface area contributed by atoms with Crippen LogP contribution in [0.15, 0.2) is 0 Å². The summed E-state index contributed by atoms with van der Waals surface area (Å²) in [5.74, 6) is 0.640. The highest BCUT2D eigenvalue weighted by molar-refractivity contribution is 7.88. The minimum absolute atomic E-state index is 0.0512. The van der Waals surface area contributed by atoms with E-state index in [-0.39, 0.29) is 41.5 Å². The van der Waals surface area contributed by atoms with Crippen molar-refractivity contribution in [3.8, 4) is 0 Å². The van der Waals surface area contributed by atoms with Crippen molar-refractivity contribution < 1.29 is 27.4 Å². The SMILES string of the molecule is C[C@@]12CO[C@@H](CNS(C)(=O)=O)O[C@@H]1CC[C@]1(C)[C@@H]2CC[C@H]2OC(=O)C[C@H]21. The molecule has 26 heavy (non-hydrogen) atoms. The van der Waals surface area contributed by atoms with E-state index in [0.29, 0.717) is 18.9 Å². The van der Waals surface area contributed by atoms with Crippen LogP contribution in [0.2, 0.25) is 0 Å². The molecule has 2 aliphatic carbocycles. The number of nitrogens with one attached hydrogen (secondary N) is 1. The van der Waals surface area contributed by atoms with Crippen LogP contribution in [0.3, 0.4) is 0 Å². The van der Waals surface area contributed by atoms with Gasteiger partial charge in [-0.1, -0.05) is 13.8 Å². The lowest BCUT2D eigenvalue weighted by Crippen LogP contribution is -2.63. The zero-order chi connectivity index (χ0) is 18.7. The molecule has 0 radical (unpaired) electrons. The van der Waals surface area contributed by atoms with Gasteiger partial charge in [-0.05, 0) is 37.0 Å². The largest absolute Gasteiger partial charge is 0.462 e. The summed E-state index contributed by atoms with van der Waals surface area (Å²) in [5.41, 5.74) is -0.0594. The fourth-order valence-corrected chi connectivity index (χ4v) is 6.56. The molecule has 0 aromatic carbocycles. The first-order valence-corrected chi connectivity index (χ1v) is 11.4. The number of sulfonamides is 1. The Balaban J connectivity index is 1.50. The minimum Gasteiger partial charge on any atom is -0.462 e. The van der Waals surface area contributed by atoms with Gasteiger partial charge < -0.3 is 14.2 Å². The molecule has 7 atom stereocenters. The predicted octanol–water partition coefficient (Wildman–Crippen LogP) is 1.43. The third-order valence-electron chi connectivity index (χ3n) is 7.39. The van der Waals surface area contributed by atoms with Crippen molar-refractivity contribution in [3.05, 3.63) is 0 Å². The maximum absolute atomic E-state index is 11.9. The Morgan fingerprint density at radius 2 is 1.96 bits per heavy atom. The van der Waals surface area contributed by atoms with Crippen LogP contribution in [0.1, 0.15) is 46.0 Å². The molecule has 4 rings (SSSR count). The van der Waals surface area contributed by atoms with Gasteiger partial charge >= 0.3 is 5.97 Å². The zero-order valence-electron chi connectivity index (χ0n) is 15.7.